The average molecular weight is 177 g/mol. The predicted octanol–water partition coefficient (Wildman–Crippen LogP) is 2.01. The van der Waals surface area contributed by atoms with Crippen LogP contribution < -0.4 is 5.32 Å². The van der Waals surface area contributed by atoms with Gasteiger partial charge < -0.3 is 10.4 Å². The van der Waals surface area contributed by atoms with E-state index in [1.807, 2.05) is 19.2 Å². The summed E-state index contributed by atoms with van der Waals surface area (Å²) in [6.07, 6.45) is 5.19. The van der Waals surface area contributed by atoms with Gasteiger partial charge in [-0.3, -0.25) is 0 Å². The van der Waals surface area contributed by atoms with Gasteiger partial charge in [0.05, 0.1) is 0 Å². The van der Waals surface area contributed by atoms with Crippen LogP contribution in [0, 0.1) is 0 Å². The van der Waals surface area contributed by atoms with Gasteiger partial charge in [0, 0.05) is 0 Å². The molecular weight excluding hydrogens is 162 g/mol. The van der Waals surface area contributed by atoms with Crippen LogP contribution in [0.5, 0.6) is 5.75 Å². The minimum Gasteiger partial charge on any atom is -0.508 e. The molecule has 0 aliphatic heterocycles. The smallest absolute Gasteiger partial charge is 0.115 e. The Kier molecular flexibility index (Phi) is 4.06. The molecule has 1 rings (SSSR count). The molecule has 0 radical (unpaired) electrons. The zero-order valence-corrected chi connectivity index (χ0v) is 7.83. The largest absolute Gasteiger partial charge is 0.508 e. The van der Waals surface area contributed by atoms with Crippen LogP contribution in [0.3, 0.4) is 0 Å². The van der Waals surface area contributed by atoms with Crippen molar-refractivity contribution in [3.63, 3.8) is 0 Å². The molecular formula is C11H15NO. The van der Waals surface area contributed by atoms with E-state index in [4.69, 9.17) is 5.11 Å². The summed E-state index contributed by atoms with van der Waals surface area (Å²) in [6.45, 7) is 0.995. The lowest BCUT2D eigenvalue weighted by molar-refractivity contribution is 0.475. The molecule has 0 unspecified atom stereocenters. The Morgan fingerprint density at radius 3 is 2.62 bits per heavy atom. The van der Waals surface area contributed by atoms with Crippen molar-refractivity contribution in [2.24, 2.45) is 0 Å². The molecule has 0 fully saturated rings. The number of hydrogen-bond acceptors (Lipinski definition) is 2. The summed E-state index contributed by atoms with van der Waals surface area (Å²) in [5, 5.41) is 12.1. The van der Waals surface area contributed by atoms with Crippen molar-refractivity contribution in [3.05, 3.63) is 35.9 Å². The SMILES string of the molecule is CNCCC=Cc1ccc(O)cc1. The van der Waals surface area contributed by atoms with Crippen molar-refractivity contribution in [2.75, 3.05) is 13.6 Å². The van der Waals surface area contributed by atoms with E-state index in [1.165, 1.54) is 0 Å². The maximum atomic E-state index is 9.03. The van der Waals surface area contributed by atoms with Crippen molar-refractivity contribution < 1.29 is 5.11 Å². The molecule has 1 aromatic carbocycles. The number of benzene rings is 1. The fourth-order valence-electron chi connectivity index (χ4n) is 1.03. The summed E-state index contributed by atoms with van der Waals surface area (Å²) in [7, 11) is 1.94. The van der Waals surface area contributed by atoms with Crippen molar-refractivity contribution in [3.8, 4) is 5.75 Å². The summed E-state index contributed by atoms with van der Waals surface area (Å²) in [6, 6.07) is 7.17. The molecule has 0 atom stereocenters. The second kappa shape index (κ2) is 5.38. The first kappa shape index (κ1) is 9.81. The molecule has 0 aliphatic rings. The number of aromatic hydroxyl groups is 1. The number of phenolic OH excluding ortho intramolecular Hbond substituents is 1. The van der Waals surface area contributed by atoms with Gasteiger partial charge >= 0.3 is 0 Å². The summed E-state index contributed by atoms with van der Waals surface area (Å²) in [4.78, 5) is 0. The van der Waals surface area contributed by atoms with Gasteiger partial charge in [0.1, 0.15) is 5.75 Å². The topological polar surface area (TPSA) is 32.3 Å². The van der Waals surface area contributed by atoms with Crippen LogP contribution in [0.25, 0.3) is 6.08 Å². The van der Waals surface area contributed by atoms with Gasteiger partial charge in [0.25, 0.3) is 0 Å². The molecule has 0 amide bonds. The molecule has 0 aromatic heterocycles. The molecule has 0 spiro atoms. The van der Waals surface area contributed by atoms with Crippen molar-refractivity contribution in [1.82, 2.24) is 5.32 Å². The third-order valence-corrected chi connectivity index (χ3v) is 1.76. The fourth-order valence-corrected chi connectivity index (χ4v) is 1.03. The number of nitrogens with one attached hydrogen (secondary N) is 1. The van der Waals surface area contributed by atoms with E-state index in [-0.39, 0.29) is 0 Å². The molecule has 13 heavy (non-hydrogen) atoms. The summed E-state index contributed by atoms with van der Waals surface area (Å²) >= 11 is 0. The van der Waals surface area contributed by atoms with Crippen LogP contribution in [0.15, 0.2) is 30.3 Å². The van der Waals surface area contributed by atoms with Crippen LogP contribution >= 0.6 is 0 Å². The normalized spacial score (nSPS) is 10.8. The standard InChI is InChI=1S/C11H15NO/c1-12-9-3-2-4-10-5-7-11(13)8-6-10/h2,4-8,12-13H,3,9H2,1H3. The zero-order valence-electron chi connectivity index (χ0n) is 7.83. The lowest BCUT2D eigenvalue weighted by Gasteiger charge is -1.94. The van der Waals surface area contributed by atoms with Gasteiger partial charge in [-0.2, -0.15) is 0 Å². The molecule has 0 saturated carbocycles. The quantitative estimate of drug-likeness (QED) is 0.689. The van der Waals surface area contributed by atoms with Gasteiger partial charge in [-0.05, 0) is 37.7 Å². The first-order chi connectivity index (χ1) is 6.33. The Bertz CT molecular complexity index is 264. The molecule has 2 heteroatoms. The summed E-state index contributed by atoms with van der Waals surface area (Å²) < 4.78 is 0. The molecule has 2 N–H and O–H groups in total. The molecule has 1 aromatic rings. The monoisotopic (exact) mass is 177 g/mol. The van der Waals surface area contributed by atoms with E-state index in [2.05, 4.69) is 17.5 Å². The predicted molar refractivity (Wildman–Crippen MR) is 55.7 cm³/mol. The molecule has 0 bridgehead atoms. The van der Waals surface area contributed by atoms with E-state index >= 15 is 0 Å². The van der Waals surface area contributed by atoms with Gasteiger partial charge in [-0.1, -0.05) is 24.3 Å². The number of rotatable bonds is 4. The third kappa shape index (κ3) is 3.76. The Hall–Kier alpha value is -1.28. The highest BCUT2D eigenvalue weighted by atomic mass is 16.3. The first-order valence-electron chi connectivity index (χ1n) is 4.43. The first-order valence-corrected chi connectivity index (χ1v) is 4.43. The Morgan fingerprint density at radius 2 is 2.00 bits per heavy atom. The second-order valence-electron chi connectivity index (χ2n) is 2.89. The Balaban J connectivity index is 2.44. The zero-order chi connectivity index (χ0) is 9.52. The van der Waals surface area contributed by atoms with Crippen LogP contribution in [0.1, 0.15) is 12.0 Å². The maximum absolute atomic E-state index is 9.03. The highest BCUT2D eigenvalue weighted by molar-refractivity contribution is 5.50. The third-order valence-electron chi connectivity index (χ3n) is 1.76. The summed E-state index contributed by atoms with van der Waals surface area (Å²) in [5.74, 6) is 0.312. The van der Waals surface area contributed by atoms with Gasteiger partial charge in [0.15, 0.2) is 0 Å². The number of phenols is 1. The Morgan fingerprint density at radius 1 is 1.31 bits per heavy atom. The van der Waals surface area contributed by atoms with Crippen molar-refractivity contribution >= 4 is 6.08 Å². The van der Waals surface area contributed by atoms with Crippen LogP contribution in [0.4, 0.5) is 0 Å². The lowest BCUT2D eigenvalue weighted by Crippen LogP contribution is -2.05. The van der Waals surface area contributed by atoms with Crippen LogP contribution in [0.2, 0.25) is 0 Å². The van der Waals surface area contributed by atoms with Crippen molar-refractivity contribution in [1.29, 1.82) is 0 Å². The van der Waals surface area contributed by atoms with Gasteiger partial charge in [-0.15, -0.1) is 0 Å². The minimum absolute atomic E-state index is 0.312. The highest BCUT2D eigenvalue weighted by Gasteiger charge is 1.86. The second-order valence-corrected chi connectivity index (χ2v) is 2.89. The average Bonchev–Trinajstić information content (AvgIpc) is 2.15. The Labute approximate surface area is 78.9 Å². The van der Waals surface area contributed by atoms with E-state index in [1.54, 1.807) is 12.1 Å². The highest BCUT2D eigenvalue weighted by Crippen LogP contribution is 2.10. The van der Waals surface area contributed by atoms with E-state index in [0.717, 1.165) is 18.5 Å². The van der Waals surface area contributed by atoms with Gasteiger partial charge in [0.2, 0.25) is 0 Å². The fraction of sp³-hybridized carbons (Fsp3) is 0.273. The van der Waals surface area contributed by atoms with E-state index < -0.39 is 0 Å². The van der Waals surface area contributed by atoms with E-state index in [0.29, 0.717) is 5.75 Å². The molecule has 0 aliphatic carbocycles. The minimum atomic E-state index is 0.312. The van der Waals surface area contributed by atoms with Crippen LogP contribution in [-0.2, 0) is 0 Å². The molecule has 0 saturated heterocycles. The molecule has 0 heterocycles. The van der Waals surface area contributed by atoms with E-state index in [9.17, 15) is 0 Å². The van der Waals surface area contributed by atoms with Gasteiger partial charge in [-0.25, -0.2) is 0 Å². The molecule has 2 nitrogen and oxygen atoms in total. The molecule has 70 valence electrons. The van der Waals surface area contributed by atoms with Crippen LogP contribution in [-0.4, -0.2) is 18.7 Å². The van der Waals surface area contributed by atoms with Crippen molar-refractivity contribution in [2.45, 2.75) is 6.42 Å². The lowest BCUT2D eigenvalue weighted by atomic mass is 10.2. The number of hydrogen-bond donors (Lipinski definition) is 2. The maximum Gasteiger partial charge on any atom is 0.115 e. The summed E-state index contributed by atoms with van der Waals surface area (Å²) in [5.41, 5.74) is 1.12.